The zero-order chi connectivity index (χ0) is 19.9. The van der Waals surface area contributed by atoms with E-state index in [0.717, 1.165) is 17.7 Å². The van der Waals surface area contributed by atoms with Crippen molar-refractivity contribution in [2.75, 3.05) is 13.1 Å². The molecule has 2 N–H and O–H groups in total. The lowest BCUT2D eigenvalue weighted by atomic mass is 10.1. The maximum atomic E-state index is 12.8. The highest BCUT2D eigenvalue weighted by atomic mass is 35.5. The van der Waals surface area contributed by atoms with Gasteiger partial charge in [0, 0.05) is 23.3 Å². The third-order valence-corrected chi connectivity index (χ3v) is 4.33. The first-order chi connectivity index (χ1) is 13.6. The van der Waals surface area contributed by atoms with Crippen LogP contribution in [-0.2, 0) is 4.79 Å². The number of aromatic nitrogens is 2. The van der Waals surface area contributed by atoms with Crippen LogP contribution in [-0.4, -0.2) is 34.7 Å². The number of rotatable bonds is 7. The van der Waals surface area contributed by atoms with Crippen LogP contribution in [0, 0.1) is 0 Å². The molecule has 0 bridgehead atoms. The zero-order valence-corrected chi connectivity index (χ0v) is 16.2. The molecule has 0 unspecified atom stereocenters. The largest absolute Gasteiger partial charge is 0.355 e. The minimum absolute atomic E-state index is 0.0879. The van der Waals surface area contributed by atoms with Crippen LogP contribution in [0.3, 0.4) is 0 Å². The van der Waals surface area contributed by atoms with Gasteiger partial charge in [-0.05, 0) is 30.7 Å². The summed E-state index contributed by atoms with van der Waals surface area (Å²) in [6, 6.07) is 16.6. The molecule has 0 aliphatic rings. The molecule has 0 saturated carbocycles. The van der Waals surface area contributed by atoms with E-state index in [1.807, 2.05) is 49.4 Å². The summed E-state index contributed by atoms with van der Waals surface area (Å²) >= 11 is 5.98. The Morgan fingerprint density at radius 3 is 2.43 bits per heavy atom. The van der Waals surface area contributed by atoms with Gasteiger partial charge in [-0.25, -0.2) is 4.68 Å². The van der Waals surface area contributed by atoms with E-state index in [9.17, 15) is 9.59 Å². The molecule has 3 aromatic rings. The monoisotopic (exact) mass is 396 g/mol. The molecule has 0 spiro atoms. The second-order valence-corrected chi connectivity index (χ2v) is 6.65. The summed E-state index contributed by atoms with van der Waals surface area (Å²) in [6.45, 7) is 2.46. The number of amides is 2. The van der Waals surface area contributed by atoms with Gasteiger partial charge >= 0.3 is 0 Å². The molecule has 0 fully saturated rings. The van der Waals surface area contributed by atoms with E-state index >= 15 is 0 Å². The average molecular weight is 397 g/mol. The Morgan fingerprint density at radius 2 is 1.75 bits per heavy atom. The van der Waals surface area contributed by atoms with E-state index in [0.29, 0.717) is 22.8 Å². The van der Waals surface area contributed by atoms with Crippen LogP contribution in [0.1, 0.15) is 23.7 Å². The Balaban J connectivity index is 1.89. The van der Waals surface area contributed by atoms with Crippen LogP contribution in [0.25, 0.3) is 16.9 Å². The fourth-order valence-electron chi connectivity index (χ4n) is 2.66. The zero-order valence-electron chi connectivity index (χ0n) is 15.5. The second-order valence-electron chi connectivity index (χ2n) is 6.21. The summed E-state index contributed by atoms with van der Waals surface area (Å²) in [6.07, 6.45) is 2.50. The Labute approximate surface area is 168 Å². The molecule has 0 aliphatic carbocycles. The number of hydrogen-bond donors (Lipinski definition) is 2. The average Bonchev–Trinajstić information content (AvgIpc) is 3.17. The van der Waals surface area contributed by atoms with Crippen molar-refractivity contribution < 1.29 is 9.59 Å². The van der Waals surface area contributed by atoms with Crippen LogP contribution in [0.4, 0.5) is 0 Å². The maximum Gasteiger partial charge on any atom is 0.255 e. The molecular formula is C21H21ClN4O2. The molecule has 3 rings (SSSR count). The lowest BCUT2D eigenvalue weighted by molar-refractivity contribution is -0.120. The van der Waals surface area contributed by atoms with Gasteiger partial charge in [-0.2, -0.15) is 5.10 Å². The normalized spacial score (nSPS) is 10.5. The number of nitrogens with one attached hydrogen (secondary N) is 2. The van der Waals surface area contributed by atoms with Crippen molar-refractivity contribution in [1.29, 1.82) is 0 Å². The summed E-state index contributed by atoms with van der Waals surface area (Å²) in [5, 5.41) is 10.6. The fraction of sp³-hybridized carbons (Fsp3) is 0.190. The van der Waals surface area contributed by atoms with Gasteiger partial charge in [0.05, 0.1) is 17.8 Å². The third-order valence-electron chi connectivity index (χ3n) is 4.08. The first kappa shape index (κ1) is 19.6. The van der Waals surface area contributed by atoms with Gasteiger partial charge in [-0.3, -0.25) is 9.59 Å². The molecule has 1 heterocycles. The quantitative estimate of drug-likeness (QED) is 0.642. The molecular weight excluding hydrogens is 376 g/mol. The molecule has 144 valence electrons. The van der Waals surface area contributed by atoms with Crippen molar-refractivity contribution >= 4 is 23.4 Å². The number of nitrogens with zero attached hydrogens (tertiary/aromatic N) is 2. The SMILES string of the molecule is CCCNC(=O)CNC(=O)c1cn(-c2ccccc2)nc1-c1ccc(Cl)cc1. The predicted molar refractivity (Wildman–Crippen MR) is 110 cm³/mol. The predicted octanol–water partition coefficient (Wildman–Crippen LogP) is 3.45. The topological polar surface area (TPSA) is 76.0 Å². The minimum atomic E-state index is -0.362. The van der Waals surface area contributed by atoms with Crippen molar-refractivity contribution in [1.82, 2.24) is 20.4 Å². The fourth-order valence-corrected chi connectivity index (χ4v) is 2.78. The van der Waals surface area contributed by atoms with Crippen LogP contribution in [0.5, 0.6) is 0 Å². The van der Waals surface area contributed by atoms with E-state index in [4.69, 9.17) is 11.6 Å². The maximum absolute atomic E-state index is 12.8. The number of para-hydroxylation sites is 1. The van der Waals surface area contributed by atoms with Gasteiger partial charge in [0.15, 0.2) is 0 Å². The van der Waals surface area contributed by atoms with Crippen molar-refractivity contribution in [3.8, 4) is 16.9 Å². The Morgan fingerprint density at radius 1 is 1.04 bits per heavy atom. The smallest absolute Gasteiger partial charge is 0.255 e. The van der Waals surface area contributed by atoms with Crippen LogP contribution in [0.2, 0.25) is 5.02 Å². The van der Waals surface area contributed by atoms with E-state index in [2.05, 4.69) is 15.7 Å². The van der Waals surface area contributed by atoms with Gasteiger partial charge in [0.1, 0.15) is 5.69 Å². The molecule has 28 heavy (non-hydrogen) atoms. The number of carbonyl (C=O) groups excluding carboxylic acids is 2. The number of hydrogen-bond acceptors (Lipinski definition) is 3. The Hall–Kier alpha value is -3.12. The number of benzene rings is 2. The Kier molecular flexibility index (Phi) is 6.45. The molecule has 6 nitrogen and oxygen atoms in total. The molecule has 0 atom stereocenters. The van der Waals surface area contributed by atoms with Gasteiger partial charge in [-0.15, -0.1) is 0 Å². The number of halogens is 1. The molecule has 2 amide bonds. The van der Waals surface area contributed by atoms with Crippen molar-refractivity contribution in [2.24, 2.45) is 0 Å². The third kappa shape index (κ3) is 4.78. The molecule has 1 aromatic heterocycles. The highest BCUT2D eigenvalue weighted by Crippen LogP contribution is 2.25. The summed E-state index contributed by atoms with van der Waals surface area (Å²) < 4.78 is 1.65. The molecule has 7 heteroatoms. The minimum Gasteiger partial charge on any atom is -0.355 e. The van der Waals surface area contributed by atoms with Crippen molar-refractivity contribution in [3.63, 3.8) is 0 Å². The summed E-state index contributed by atoms with van der Waals surface area (Å²) in [5.41, 5.74) is 2.50. The van der Waals surface area contributed by atoms with E-state index in [1.54, 1.807) is 23.0 Å². The van der Waals surface area contributed by atoms with E-state index in [-0.39, 0.29) is 18.4 Å². The van der Waals surface area contributed by atoms with Gasteiger partial charge in [0.25, 0.3) is 5.91 Å². The first-order valence-corrected chi connectivity index (χ1v) is 9.42. The Bertz CT molecular complexity index is 952. The van der Waals surface area contributed by atoms with Crippen LogP contribution >= 0.6 is 11.6 Å². The van der Waals surface area contributed by atoms with Gasteiger partial charge in [-0.1, -0.05) is 48.9 Å². The van der Waals surface area contributed by atoms with Gasteiger partial charge in [0.2, 0.25) is 5.91 Å². The first-order valence-electron chi connectivity index (χ1n) is 9.04. The molecule has 0 radical (unpaired) electrons. The highest BCUT2D eigenvalue weighted by Gasteiger charge is 2.19. The van der Waals surface area contributed by atoms with Crippen molar-refractivity contribution in [3.05, 3.63) is 71.4 Å². The lowest BCUT2D eigenvalue weighted by Crippen LogP contribution is -2.37. The lowest BCUT2D eigenvalue weighted by Gasteiger charge is -2.06. The summed E-state index contributed by atoms with van der Waals surface area (Å²) in [7, 11) is 0. The van der Waals surface area contributed by atoms with Gasteiger partial charge < -0.3 is 10.6 Å². The summed E-state index contributed by atoms with van der Waals surface area (Å²) in [4.78, 5) is 24.6. The molecule has 0 aliphatic heterocycles. The molecule has 2 aromatic carbocycles. The summed E-state index contributed by atoms with van der Waals surface area (Å²) in [5.74, 6) is -0.586. The van der Waals surface area contributed by atoms with Crippen LogP contribution < -0.4 is 10.6 Å². The number of carbonyl (C=O) groups is 2. The standard InChI is InChI=1S/C21H21ClN4O2/c1-2-12-23-19(27)13-24-21(28)18-14-26(17-6-4-3-5-7-17)25-20(18)15-8-10-16(22)11-9-15/h3-11,14H,2,12-13H2,1H3,(H,23,27)(H,24,28). The van der Waals surface area contributed by atoms with E-state index < -0.39 is 0 Å². The second kappa shape index (κ2) is 9.19. The molecule has 0 saturated heterocycles. The highest BCUT2D eigenvalue weighted by molar-refractivity contribution is 6.30. The van der Waals surface area contributed by atoms with Crippen molar-refractivity contribution in [2.45, 2.75) is 13.3 Å². The van der Waals surface area contributed by atoms with Crippen LogP contribution in [0.15, 0.2) is 60.8 Å². The van der Waals surface area contributed by atoms with E-state index in [1.165, 1.54) is 0 Å².